The van der Waals surface area contributed by atoms with Gasteiger partial charge in [-0.05, 0) is 43.4 Å². The van der Waals surface area contributed by atoms with Gasteiger partial charge in [0.2, 0.25) is 5.91 Å². The molecule has 4 rings (SSSR count). The summed E-state index contributed by atoms with van der Waals surface area (Å²) in [6, 6.07) is 6.17. The number of H-pyrrole nitrogens is 1. The molecule has 1 aromatic heterocycles. The Bertz CT molecular complexity index is 867. The molecule has 1 aliphatic heterocycles. The molecule has 1 saturated heterocycles. The molecule has 0 unspecified atom stereocenters. The smallest absolute Gasteiger partial charge is 0.317 e. The minimum absolute atomic E-state index is 0.0194. The van der Waals surface area contributed by atoms with Crippen molar-refractivity contribution in [2.45, 2.75) is 63.5 Å². The van der Waals surface area contributed by atoms with Crippen LogP contribution in [0.1, 0.15) is 50.5 Å². The Morgan fingerprint density at radius 3 is 2.52 bits per heavy atom. The quantitative estimate of drug-likeness (QED) is 0.704. The van der Waals surface area contributed by atoms with Crippen LogP contribution in [0.3, 0.4) is 0 Å². The van der Waals surface area contributed by atoms with Gasteiger partial charge in [-0.1, -0.05) is 36.9 Å². The molecule has 2 aliphatic rings. The summed E-state index contributed by atoms with van der Waals surface area (Å²) in [6.45, 7) is 1.38. The summed E-state index contributed by atoms with van der Waals surface area (Å²) < 4.78 is 0. The highest BCUT2D eigenvalue weighted by atomic mass is 35.5. The molecule has 0 radical (unpaired) electrons. The molecule has 3 N–H and O–H groups in total. The van der Waals surface area contributed by atoms with Gasteiger partial charge in [0, 0.05) is 47.3 Å². The minimum Gasteiger partial charge on any atom is -0.361 e. The highest BCUT2D eigenvalue weighted by molar-refractivity contribution is 6.31. The van der Waals surface area contributed by atoms with E-state index >= 15 is 0 Å². The molecule has 2 heterocycles. The van der Waals surface area contributed by atoms with Crippen LogP contribution in [0.2, 0.25) is 5.02 Å². The Morgan fingerprint density at radius 2 is 1.76 bits per heavy atom. The van der Waals surface area contributed by atoms with Crippen LogP contribution in [0.15, 0.2) is 24.4 Å². The number of hydrogen-bond donors (Lipinski definition) is 3. The number of carbonyl (C=O) groups is 2. The Kier molecular flexibility index (Phi) is 6.28. The molecule has 1 aromatic carbocycles. The average Bonchev–Trinajstić information content (AvgIpc) is 3.10. The number of urea groups is 1. The lowest BCUT2D eigenvalue weighted by molar-refractivity contribution is -0.121. The molecule has 3 amide bonds. The van der Waals surface area contributed by atoms with E-state index in [1.54, 1.807) is 0 Å². The van der Waals surface area contributed by atoms with E-state index in [4.69, 9.17) is 11.6 Å². The SMILES string of the molecule is O=C(Cc1c[nH]c2cc(Cl)ccc12)NC1CCN(C(=O)NC2CCCCC2)CC1. The number of fused-ring (bicyclic) bond motifs is 1. The molecule has 6 nitrogen and oxygen atoms in total. The number of likely N-dealkylation sites (tertiary alicyclic amines) is 1. The fraction of sp³-hybridized carbons (Fsp3) is 0.545. The third-order valence-electron chi connectivity index (χ3n) is 6.16. The lowest BCUT2D eigenvalue weighted by Crippen LogP contribution is -2.51. The van der Waals surface area contributed by atoms with Gasteiger partial charge < -0.3 is 20.5 Å². The molecular formula is C22H29ClN4O2. The Labute approximate surface area is 176 Å². The predicted octanol–water partition coefficient (Wildman–Crippen LogP) is 3.99. The van der Waals surface area contributed by atoms with Crippen LogP contribution in [-0.2, 0) is 11.2 Å². The third kappa shape index (κ3) is 5.04. The molecule has 2 fully saturated rings. The number of benzene rings is 1. The molecule has 0 atom stereocenters. The fourth-order valence-corrected chi connectivity index (χ4v) is 4.67. The maximum atomic E-state index is 12.5. The summed E-state index contributed by atoms with van der Waals surface area (Å²) in [5.41, 5.74) is 1.91. The Morgan fingerprint density at radius 1 is 1.03 bits per heavy atom. The van der Waals surface area contributed by atoms with Gasteiger partial charge in [-0.2, -0.15) is 0 Å². The number of aromatic amines is 1. The van der Waals surface area contributed by atoms with Crippen molar-refractivity contribution in [2.24, 2.45) is 0 Å². The highest BCUT2D eigenvalue weighted by Crippen LogP contribution is 2.23. The van der Waals surface area contributed by atoms with Crippen molar-refractivity contribution in [3.63, 3.8) is 0 Å². The second kappa shape index (κ2) is 9.08. The Hall–Kier alpha value is -2.21. The largest absolute Gasteiger partial charge is 0.361 e. The summed E-state index contributed by atoms with van der Waals surface area (Å²) in [5.74, 6) is 0.0194. The van der Waals surface area contributed by atoms with Gasteiger partial charge in [-0.3, -0.25) is 4.79 Å². The Balaban J connectivity index is 1.23. The lowest BCUT2D eigenvalue weighted by atomic mass is 9.95. The zero-order valence-electron chi connectivity index (χ0n) is 16.7. The van der Waals surface area contributed by atoms with Crippen LogP contribution in [0.5, 0.6) is 0 Å². The van der Waals surface area contributed by atoms with Gasteiger partial charge in [0.15, 0.2) is 0 Å². The predicted molar refractivity (Wildman–Crippen MR) is 115 cm³/mol. The van der Waals surface area contributed by atoms with Crippen LogP contribution < -0.4 is 10.6 Å². The van der Waals surface area contributed by atoms with Crippen LogP contribution >= 0.6 is 11.6 Å². The van der Waals surface area contributed by atoms with E-state index in [9.17, 15) is 9.59 Å². The number of piperidine rings is 1. The first-order valence-corrected chi connectivity index (χ1v) is 11.1. The van der Waals surface area contributed by atoms with Crippen molar-refractivity contribution in [1.29, 1.82) is 0 Å². The van der Waals surface area contributed by atoms with Crippen molar-refractivity contribution in [2.75, 3.05) is 13.1 Å². The molecule has 1 aliphatic carbocycles. The summed E-state index contributed by atoms with van der Waals surface area (Å²) >= 11 is 6.02. The molecule has 0 bridgehead atoms. The van der Waals surface area contributed by atoms with Gasteiger partial charge in [0.05, 0.1) is 6.42 Å². The first kappa shape index (κ1) is 20.1. The monoisotopic (exact) mass is 416 g/mol. The number of hydrogen-bond acceptors (Lipinski definition) is 2. The number of rotatable bonds is 4. The van der Waals surface area contributed by atoms with Crippen LogP contribution in [0.4, 0.5) is 4.79 Å². The van der Waals surface area contributed by atoms with E-state index in [0.717, 1.165) is 42.1 Å². The summed E-state index contributed by atoms with van der Waals surface area (Å²) in [7, 11) is 0. The van der Waals surface area contributed by atoms with E-state index in [1.807, 2.05) is 29.3 Å². The lowest BCUT2D eigenvalue weighted by Gasteiger charge is -2.34. The zero-order chi connectivity index (χ0) is 20.2. The fourth-order valence-electron chi connectivity index (χ4n) is 4.50. The van der Waals surface area contributed by atoms with E-state index in [2.05, 4.69) is 15.6 Å². The number of aromatic nitrogens is 1. The summed E-state index contributed by atoms with van der Waals surface area (Å²) in [4.78, 5) is 30.1. The van der Waals surface area contributed by atoms with Crippen LogP contribution in [-0.4, -0.2) is 47.0 Å². The topological polar surface area (TPSA) is 77.2 Å². The first-order valence-electron chi connectivity index (χ1n) is 10.7. The van der Waals surface area contributed by atoms with Crippen LogP contribution in [0, 0.1) is 0 Å². The molecule has 29 heavy (non-hydrogen) atoms. The number of nitrogens with zero attached hydrogens (tertiary/aromatic N) is 1. The van der Waals surface area contributed by atoms with Crippen molar-refractivity contribution in [3.8, 4) is 0 Å². The van der Waals surface area contributed by atoms with Crippen molar-refractivity contribution in [1.82, 2.24) is 20.5 Å². The number of carbonyl (C=O) groups excluding carboxylic acids is 2. The van der Waals surface area contributed by atoms with E-state index in [-0.39, 0.29) is 18.0 Å². The molecule has 156 valence electrons. The van der Waals surface area contributed by atoms with Gasteiger partial charge in [0.25, 0.3) is 0 Å². The maximum absolute atomic E-state index is 12.5. The summed E-state index contributed by atoms with van der Waals surface area (Å²) in [6.07, 6.45) is 9.70. The first-order chi connectivity index (χ1) is 14.1. The molecule has 2 aromatic rings. The maximum Gasteiger partial charge on any atom is 0.317 e. The van der Waals surface area contributed by atoms with Crippen molar-refractivity contribution in [3.05, 3.63) is 35.0 Å². The van der Waals surface area contributed by atoms with Gasteiger partial charge in [-0.15, -0.1) is 0 Å². The van der Waals surface area contributed by atoms with E-state index in [1.165, 1.54) is 19.3 Å². The molecule has 0 spiro atoms. The van der Waals surface area contributed by atoms with Crippen molar-refractivity contribution >= 4 is 34.4 Å². The molecular weight excluding hydrogens is 388 g/mol. The molecule has 7 heteroatoms. The second-order valence-corrected chi connectivity index (χ2v) is 8.73. The second-order valence-electron chi connectivity index (χ2n) is 8.29. The number of nitrogens with one attached hydrogen (secondary N) is 3. The highest BCUT2D eigenvalue weighted by Gasteiger charge is 2.26. The van der Waals surface area contributed by atoms with Gasteiger partial charge in [-0.25, -0.2) is 4.79 Å². The number of halogens is 1. The van der Waals surface area contributed by atoms with Crippen LogP contribution in [0.25, 0.3) is 10.9 Å². The molecule has 1 saturated carbocycles. The average molecular weight is 417 g/mol. The standard InChI is InChI=1S/C22H29ClN4O2/c23-16-6-7-19-15(14-24-20(19)13-16)12-21(28)25-18-8-10-27(11-9-18)22(29)26-17-4-2-1-3-5-17/h6-7,13-14,17-18,24H,1-5,8-12H2,(H,25,28)(H,26,29). The zero-order valence-corrected chi connectivity index (χ0v) is 17.4. The van der Waals surface area contributed by atoms with E-state index in [0.29, 0.717) is 30.6 Å². The summed E-state index contributed by atoms with van der Waals surface area (Å²) in [5, 5.41) is 8.02. The minimum atomic E-state index is 0.0194. The van der Waals surface area contributed by atoms with Crippen molar-refractivity contribution < 1.29 is 9.59 Å². The number of amides is 3. The normalized spacial score (nSPS) is 18.7. The van der Waals surface area contributed by atoms with E-state index < -0.39 is 0 Å². The van der Waals surface area contributed by atoms with Gasteiger partial charge >= 0.3 is 6.03 Å². The van der Waals surface area contributed by atoms with Gasteiger partial charge in [0.1, 0.15) is 0 Å². The third-order valence-corrected chi connectivity index (χ3v) is 6.40.